The van der Waals surface area contributed by atoms with Gasteiger partial charge in [-0.3, -0.25) is 4.79 Å². The van der Waals surface area contributed by atoms with E-state index in [1.807, 2.05) is 24.3 Å². The molecule has 33 heavy (non-hydrogen) atoms. The highest BCUT2D eigenvalue weighted by atomic mass is 35.5. The number of thiazole rings is 1. The SMILES string of the molecule is N#CC1CC(F)CN1C(=O)CNC12CCC(Nc3nc(-c4ccc(Cl)cc4)cs3)(CC1)CC2. The van der Waals surface area contributed by atoms with Crippen molar-refractivity contribution in [1.29, 1.82) is 5.26 Å². The lowest BCUT2D eigenvalue weighted by atomic mass is 9.61. The predicted molar refractivity (Wildman–Crippen MR) is 128 cm³/mol. The van der Waals surface area contributed by atoms with Gasteiger partial charge in [-0.05, 0) is 50.7 Å². The molecule has 1 saturated heterocycles. The van der Waals surface area contributed by atoms with Crippen LogP contribution >= 0.6 is 22.9 Å². The van der Waals surface area contributed by atoms with E-state index in [9.17, 15) is 14.4 Å². The van der Waals surface area contributed by atoms with Crippen LogP contribution in [0, 0.1) is 11.3 Å². The van der Waals surface area contributed by atoms with Crippen molar-refractivity contribution in [3.63, 3.8) is 0 Å². The molecule has 6 rings (SSSR count). The van der Waals surface area contributed by atoms with Crippen molar-refractivity contribution in [2.45, 2.75) is 68.2 Å². The van der Waals surface area contributed by atoms with E-state index in [4.69, 9.17) is 16.6 Å². The molecule has 2 heterocycles. The largest absolute Gasteiger partial charge is 0.356 e. The number of aromatic nitrogens is 1. The van der Waals surface area contributed by atoms with Crippen LogP contribution in [0.2, 0.25) is 5.02 Å². The third-order valence-electron chi connectivity index (χ3n) is 7.60. The molecule has 1 aromatic carbocycles. The molecule has 3 aliphatic carbocycles. The van der Waals surface area contributed by atoms with Crippen LogP contribution < -0.4 is 10.6 Å². The number of hydrogen-bond acceptors (Lipinski definition) is 6. The minimum Gasteiger partial charge on any atom is -0.356 e. The van der Waals surface area contributed by atoms with Crippen LogP contribution in [0.25, 0.3) is 11.3 Å². The van der Waals surface area contributed by atoms with Crippen LogP contribution in [0.1, 0.15) is 44.9 Å². The van der Waals surface area contributed by atoms with Crippen LogP contribution in [0.3, 0.4) is 0 Å². The summed E-state index contributed by atoms with van der Waals surface area (Å²) in [5.41, 5.74) is 2.00. The van der Waals surface area contributed by atoms with Crippen molar-refractivity contribution < 1.29 is 9.18 Å². The van der Waals surface area contributed by atoms with E-state index in [2.05, 4.69) is 22.1 Å². The maximum Gasteiger partial charge on any atom is 0.237 e. The highest BCUT2D eigenvalue weighted by Crippen LogP contribution is 2.48. The predicted octanol–water partition coefficient (Wildman–Crippen LogP) is 4.77. The zero-order chi connectivity index (χ0) is 23.1. The van der Waals surface area contributed by atoms with Gasteiger partial charge in [0.05, 0.1) is 24.9 Å². The number of benzene rings is 1. The maximum absolute atomic E-state index is 13.7. The van der Waals surface area contributed by atoms with Crippen molar-refractivity contribution in [3.05, 3.63) is 34.7 Å². The fourth-order valence-corrected chi connectivity index (χ4v) is 6.46. The first-order valence-corrected chi connectivity index (χ1v) is 12.7. The van der Waals surface area contributed by atoms with Gasteiger partial charge in [-0.15, -0.1) is 11.3 Å². The van der Waals surface area contributed by atoms with Gasteiger partial charge in [-0.25, -0.2) is 9.37 Å². The van der Waals surface area contributed by atoms with Gasteiger partial charge in [0.25, 0.3) is 0 Å². The molecule has 174 valence electrons. The quantitative estimate of drug-likeness (QED) is 0.613. The number of nitriles is 1. The van der Waals surface area contributed by atoms with Gasteiger partial charge in [-0.1, -0.05) is 23.7 Å². The van der Waals surface area contributed by atoms with E-state index >= 15 is 0 Å². The number of amides is 1. The Balaban J connectivity index is 1.17. The molecule has 3 saturated carbocycles. The van der Waals surface area contributed by atoms with E-state index in [1.54, 1.807) is 11.3 Å². The van der Waals surface area contributed by atoms with E-state index in [-0.39, 0.29) is 36.5 Å². The molecule has 2 N–H and O–H groups in total. The molecular formula is C24H27ClFN5OS. The molecule has 2 atom stereocenters. The number of alkyl halides is 1. The first kappa shape index (κ1) is 22.6. The van der Waals surface area contributed by atoms with Gasteiger partial charge in [0.1, 0.15) is 12.2 Å². The smallest absolute Gasteiger partial charge is 0.237 e. The summed E-state index contributed by atoms with van der Waals surface area (Å²) in [6.45, 7) is 0.201. The van der Waals surface area contributed by atoms with Crippen molar-refractivity contribution in [2.24, 2.45) is 0 Å². The lowest BCUT2D eigenvalue weighted by Crippen LogP contribution is -2.61. The zero-order valence-corrected chi connectivity index (χ0v) is 19.9. The summed E-state index contributed by atoms with van der Waals surface area (Å²) in [4.78, 5) is 18.8. The number of nitrogens with one attached hydrogen (secondary N) is 2. The standard InChI is InChI=1S/C24H27ClFN5OS/c25-17-3-1-16(2-4-17)20-15-33-22(29-20)30-24-8-5-23(6-9-24,7-10-24)28-13-21(32)31-14-18(26)11-19(31)12-27/h1-4,15,18-19,28H,5-11,13-14H2,(H,29,30). The number of hydrogen-bond donors (Lipinski definition) is 2. The summed E-state index contributed by atoms with van der Waals surface area (Å²) in [6.07, 6.45) is 5.02. The number of anilines is 1. The summed E-state index contributed by atoms with van der Waals surface area (Å²) in [5.74, 6) is -0.172. The Hall–Kier alpha value is -2.21. The van der Waals surface area contributed by atoms with Gasteiger partial charge in [0.15, 0.2) is 5.13 Å². The van der Waals surface area contributed by atoms with Crippen LogP contribution in [0.15, 0.2) is 29.6 Å². The highest BCUT2D eigenvalue weighted by Gasteiger charge is 2.49. The molecule has 0 radical (unpaired) electrons. The topological polar surface area (TPSA) is 81.0 Å². The zero-order valence-electron chi connectivity index (χ0n) is 18.3. The number of nitrogens with zero attached hydrogens (tertiary/aromatic N) is 3. The molecule has 2 aromatic rings. The monoisotopic (exact) mass is 487 g/mol. The molecule has 9 heteroatoms. The summed E-state index contributed by atoms with van der Waals surface area (Å²) >= 11 is 7.62. The molecule has 4 fully saturated rings. The summed E-state index contributed by atoms with van der Waals surface area (Å²) in [6, 6.07) is 9.13. The molecule has 2 bridgehead atoms. The molecule has 1 amide bonds. The lowest BCUT2D eigenvalue weighted by Gasteiger charge is -2.54. The highest BCUT2D eigenvalue weighted by molar-refractivity contribution is 7.14. The third kappa shape index (κ3) is 4.59. The molecule has 4 aliphatic rings. The molecule has 0 spiro atoms. The summed E-state index contributed by atoms with van der Waals surface area (Å²) < 4.78 is 13.7. The lowest BCUT2D eigenvalue weighted by molar-refractivity contribution is -0.131. The number of likely N-dealkylation sites (tertiary alicyclic amines) is 1. The van der Waals surface area contributed by atoms with Gasteiger partial charge in [0, 0.05) is 33.5 Å². The molecule has 1 aromatic heterocycles. The van der Waals surface area contributed by atoms with Crippen LogP contribution in [-0.4, -0.2) is 52.2 Å². The number of fused-ring (bicyclic) bond motifs is 3. The van der Waals surface area contributed by atoms with E-state index in [0.29, 0.717) is 5.02 Å². The average molecular weight is 488 g/mol. The van der Waals surface area contributed by atoms with Crippen molar-refractivity contribution in [2.75, 3.05) is 18.4 Å². The van der Waals surface area contributed by atoms with Crippen LogP contribution in [0.4, 0.5) is 9.52 Å². The Bertz CT molecular complexity index is 1040. The van der Waals surface area contributed by atoms with Crippen molar-refractivity contribution in [3.8, 4) is 17.3 Å². The van der Waals surface area contributed by atoms with Crippen LogP contribution in [-0.2, 0) is 4.79 Å². The first-order valence-electron chi connectivity index (χ1n) is 11.5. The Labute approximate surface area is 202 Å². The Kier molecular flexibility index (Phi) is 6.06. The number of halogens is 2. The minimum atomic E-state index is -1.10. The van der Waals surface area contributed by atoms with Gasteiger partial charge in [0.2, 0.25) is 5.91 Å². The van der Waals surface area contributed by atoms with Crippen molar-refractivity contribution in [1.82, 2.24) is 15.2 Å². The summed E-state index contributed by atoms with van der Waals surface area (Å²) in [5, 5.41) is 20.2. The number of carbonyl (C=O) groups excluding carboxylic acids is 1. The van der Waals surface area contributed by atoms with Crippen LogP contribution in [0.5, 0.6) is 0 Å². The second-order valence-corrected chi connectivity index (χ2v) is 10.9. The molecule has 2 unspecified atom stereocenters. The molecule has 6 nitrogen and oxygen atoms in total. The van der Waals surface area contributed by atoms with E-state index < -0.39 is 12.2 Å². The van der Waals surface area contributed by atoms with E-state index in [0.717, 1.165) is 54.9 Å². The first-order chi connectivity index (χ1) is 15.9. The normalized spacial score (nSPS) is 30.9. The average Bonchev–Trinajstić information content (AvgIpc) is 3.45. The van der Waals surface area contributed by atoms with Gasteiger partial charge < -0.3 is 15.5 Å². The van der Waals surface area contributed by atoms with Gasteiger partial charge in [-0.2, -0.15) is 5.26 Å². The fourth-order valence-electron chi connectivity index (χ4n) is 5.50. The second-order valence-electron chi connectivity index (χ2n) is 9.61. The number of rotatable bonds is 6. The van der Waals surface area contributed by atoms with Crippen molar-refractivity contribution >= 4 is 34.0 Å². The third-order valence-corrected chi connectivity index (χ3v) is 8.61. The Morgan fingerprint density at radius 2 is 1.88 bits per heavy atom. The van der Waals surface area contributed by atoms with E-state index in [1.165, 1.54) is 4.90 Å². The fraction of sp³-hybridized carbons (Fsp3) is 0.542. The van der Waals surface area contributed by atoms with Gasteiger partial charge >= 0.3 is 0 Å². The second kappa shape index (κ2) is 8.86. The maximum atomic E-state index is 13.7. The minimum absolute atomic E-state index is 0.0323. The Morgan fingerprint density at radius 1 is 1.21 bits per heavy atom. The Morgan fingerprint density at radius 3 is 2.55 bits per heavy atom. The molecule has 1 aliphatic heterocycles. The number of carbonyl (C=O) groups is 1. The molecular weight excluding hydrogens is 461 g/mol. The summed E-state index contributed by atoms with van der Waals surface area (Å²) in [7, 11) is 0.